The maximum Gasteiger partial charge on any atom is 0.148 e. The van der Waals surface area contributed by atoms with Gasteiger partial charge in [-0.1, -0.05) is 36.0 Å². The fourth-order valence-electron chi connectivity index (χ4n) is 4.06. The molecule has 1 aliphatic carbocycles. The van der Waals surface area contributed by atoms with Gasteiger partial charge in [0.05, 0.1) is 11.4 Å². The Balaban J connectivity index is 1.29. The number of nitrogens with one attached hydrogen (secondary N) is 2. The summed E-state index contributed by atoms with van der Waals surface area (Å²) in [5.74, 6) is 0.882. The molecule has 0 bridgehead atoms. The van der Waals surface area contributed by atoms with Gasteiger partial charge in [0, 0.05) is 45.3 Å². The van der Waals surface area contributed by atoms with Crippen LogP contribution in [0.2, 0.25) is 0 Å². The van der Waals surface area contributed by atoms with Crippen LogP contribution in [0.1, 0.15) is 36.1 Å². The highest BCUT2D eigenvalue weighted by Gasteiger charge is 2.21. The summed E-state index contributed by atoms with van der Waals surface area (Å²) >= 11 is 0. The first-order valence-electron chi connectivity index (χ1n) is 10.5. The molecule has 154 valence electrons. The SMILES string of the molecule is C=C(NCC(CN1CCc2ccccc2C1)N=O)c1cc(NC2CCC2)nn1C. The molecule has 1 saturated carbocycles. The molecule has 0 amide bonds. The van der Waals surface area contributed by atoms with Crippen molar-refractivity contribution in [1.29, 1.82) is 0 Å². The summed E-state index contributed by atoms with van der Waals surface area (Å²) in [6, 6.07) is 10.8. The first-order valence-corrected chi connectivity index (χ1v) is 10.5. The molecular formula is C22H30N6O. The largest absolute Gasteiger partial charge is 0.381 e. The molecule has 1 aromatic heterocycles. The van der Waals surface area contributed by atoms with Crippen LogP contribution in [0.4, 0.5) is 5.82 Å². The topological polar surface area (TPSA) is 74.6 Å². The van der Waals surface area contributed by atoms with E-state index >= 15 is 0 Å². The van der Waals surface area contributed by atoms with Crippen LogP contribution in [-0.2, 0) is 20.0 Å². The summed E-state index contributed by atoms with van der Waals surface area (Å²) in [7, 11) is 1.91. The van der Waals surface area contributed by atoms with Gasteiger partial charge in [-0.3, -0.25) is 9.58 Å². The van der Waals surface area contributed by atoms with Crippen molar-refractivity contribution < 1.29 is 0 Å². The van der Waals surface area contributed by atoms with Crippen molar-refractivity contribution in [3.8, 4) is 0 Å². The van der Waals surface area contributed by atoms with Crippen molar-refractivity contribution in [2.45, 2.75) is 44.3 Å². The zero-order valence-corrected chi connectivity index (χ0v) is 17.1. The second kappa shape index (κ2) is 8.78. The van der Waals surface area contributed by atoms with Crippen LogP contribution in [0.15, 0.2) is 42.1 Å². The summed E-state index contributed by atoms with van der Waals surface area (Å²) in [6.45, 7) is 7.09. The maximum atomic E-state index is 11.4. The van der Waals surface area contributed by atoms with E-state index in [0.717, 1.165) is 36.7 Å². The van der Waals surface area contributed by atoms with E-state index in [9.17, 15) is 4.91 Å². The van der Waals surface area contributed by atoms with Gasteiger partial charge in [-0.25, -0.2) is 0 Å². The standard InChI is InChI=1S/C22H30N6O/c1-16(21-12-22(25-27(21)2)24-19-8-5-9-19)23-13-20(26-29)15-28-11-10-17-6-3-4-7-18(17)14-28/h3-4,6-7,12,19-20,23H,1,5,8-11,13-15H2,2H3,(H,24,25). The molecule has 7 nitrogen and oxygen atoms in total. The molecule has 7 heteroatoms. The number of hydrogen-bond donors (Lipinski definition) is 2. The molecule has 4 rings (SSSR count). The Hall–Kier alpha value is -2.67. The normalized spacial score (nSPS) is 17.8. The molecule has 1 aromatic carbocycles. The Labute approximate surface area is 172 Å². The Morgan fingerprint density at radius 3 is 2.86 bits per heavy atom. The maximum absolute atomic E-state index is 11.4. The minimum absolute atomic E-state index is 0.321. The Kier molecular flexibility index (Phi) is 5.94. The highest BCUT2D eigenvalue weighted by atomic mass is 16.3. The number of hydrogen-bond acceptors (Lipinski definition) is 6. The van der Waals surface area contributed by atoms with Gasteiger partial charge in [-0.15, -0.1) is 0 Å². The molecule has 2 heterocycles. The molecule has 0 saturated heterocycles. The van der Waals surface area contributed by atoms with E-state index < -0.39 is 0 Å². The summed E-state index contributed by atoms with van der Waals surface area (Å²) in [6.07, 6.45) is 4.72. The highest BCUT2D eigenvalue weighted by molar-refractivity contribution is 5.62. The van der Waals surface area contributed by atoms with Gasteiger partial charge < -0.3 is 10.6 Å². The first kappa shape index (κ1) is 19.6. The minimum atomic E-state index is -0.321. The number of anilines is 1. The average molecular weight is 395 g/mol. The van der Waals surface area contributed by atoms with Crippen molar-refractivity contribution in [2.75, 3.05) is 25.0 Å². The summed E-state index contributed by atoms with van der Waals surface area (Å²) in [5, 5.41) is 14.6. The number of fused-ring (bicyclic) bond motifs is 1. The third-order valence-electron chi connectivity index (χ3n) is 6.02. The van der Waals surface area contributed by atoms with E-state index in [4.69, 9.17) is 0 Å². The van der Waals surface area contributed by atoms with Crippen LogP contribution in [0.3, 0.4) is 0 Å². The lowest BCUT2D eigenvalue weighted by Crippen LogP contribution is -2.39. The smallest absolute Gasteiger partial charge is 0.148 e. The monoisotopic (exact) mass is 394 g/mol. The Morgan fingerprint density at radius 1 is 1.34 bits per heavy atom. The minimum Gasteiger partial charge on any atom is -0.381 e. The van der Waals surface area contributed by atoms with Crippen molar-refractivity contribution >= 4 is 11.5 Å². The van der Waals surface area contributed by atoms with Crippen molar-refractivity contribution in [3.63, 3.8) is 0 Å². The predicted octanol–water partition coefficient (Wildman–Crippen LogP) is 3.14. The van der Waals surface area contributed by atoms with Crippen LogP contribution in [0.5, 0.6) is 0 Å². The molecular weight excluding hydrogens is 364 g/mol. The number of nitroso groups, excluding NO2 is 1. The van der Waals surface area contributed by atoms with Gasteiger partial charge in [0.1, 0.15) is 11.9 Å². The zero-order chi connectivity index (χ0) is 20.2. The van der Waals surface area contributed by atoms with E-state index in [1.165, 1.54) is 30.4 Å². The van der Waals surface area contributed by atoms with Crippen molar-refractivity contribution in [3.05, 3.63) is 58.6 Å². The van der Waals surface area contributed by atoms with Crippen molar-refractivity contribution in [1.82, 2.24) is 20.0 Å². The molecule has 1 fully saturated rings. The fraction of sp³-hybridized carbons (Fsp3) is 0.500. The lowest BCUT2D eigenvalue weighted by molar-refractivity contribution is 0.238. The van der Waals surface area contributed by atoms with Gasteiger partial charge in [0.15, 0.2) is 0 Å². The molecule has 1 unspecified atom stereocenters. The molecule has 0 radical (unpaired) electrons. The van der Waals surface area contributed by atoms with E-state index in [2.05, 4.69) is 56.7 Å². The van der Waals surface area contributed by atoms with Gasteiger partial charge >= 0.3 is 0 Å². The number of benzene rings is 1. The summed E-state index contributed by atoms with van der Waals surface area (Å²) < 4.78 is 1.82. The molecule has 1 atom stereocenters. The molecule has 2 N–H and O–H groups in total. The first-order chi connectivity index (χ1) is 14.1. The average Bonchev–Trinajstić information content (AvgIpc) is 3.08. The summed E-state index contributed by atoms with van der Waals surface area (Å²) in [5.41, 5.74) is 4.44. The lowest BCUT2D eigenvalue weighted by Gasteiger charge is -2.30. The molecule has 2 aromatic rings. The van der Waals surface area contributed by atoms with E-state index in [1.54, 1.807) is 0 Å². The number of aromatic nitrogens is 2. The number of aryl methyl sites for hydroxylation is 1. The Bertz CT molecular complexity index is 872. The Morgan fingerprint density at radius 2 is 2.14 bits per heavy atom. The quantitative estimate of drug-likeness (QED) is 0.639. The van der Waals surface area contributed by atoms with Gasteiger partial charge in [0.25, 0.3) is 0 Å². The van der Waals surface area contributed by atoms with Crippen LogP contribution < -0.4 is 10.6 Å². The van der Waals surface area contributed by atoms with Crippen LogP contribution in [0.25, 0.3) is 5.70 Å². The second-order valence-corrected chi connectivity index (χ2v) is 8.18. The fourth-order valence-corrected chi connectivity index (χ4v) is 4.06. The van der Waals surface area contributed by atoms with E-state index in [1.807, 2.05) is 17.8 Å². The highest BCUT2D eigenvalue weighted by Crippen LogP contribution is 2.24. The molecule has 1 aliphatic heterocycles. The van der Waals surface area contributed by atoms with E-state index in [0.29, 0.717) is 19.1 Å². The van der Waals surface area contributed by atoms with Crippen LogP contribution in [0, 0.1) is 4.91 Å². The van der Waals surface area contributed by atoms with Gasteiger partial charge in [-0.2, -0.15) is 10.0 Å². The zero-order valence-electron chi connectivity index (χ0n) is 17.1. The van der Waals surface area contributed by atoms with E-state index in [-0.39, 0.29) is 6.04 Å². The third kappa shape index (κ3) is 4.67. The number of nitrogens with zero attached hydrogens (tertiary/aromatic N) is 4. The molecule has 2 aliphatic rings. The van der Waals surface area contributed by atoms with Gasteiger partial charge in [0.2, 0.25) is 0 Å². The molecule has 0 spiro atoms. The second-order valence-electron chi connectivity index (χ2n) is 8.18. The van der Waals surface area contributed by atoms with Crippen molar-refractivity contribution in [2.24, 2.45) is 12.2 Å². The third-order valence-corrected chi connectivity index (χ3v) is 6.02. The van der Waals surface area contributed by atoms with Gasteiger partial charge in [-0.05, 0) is 36.8 Å². The lowest BCUT2D eigenvalue weighted by atomic mass is 9.93. The van der Waals surface area contributed by atoms with Crippen LogP contribution >= 0.6 is 0 Å². The predicted molar refractivity (Wildman–Crippen MR) is 117 cm³/mol. The number of rotatable bonds is 9. The molecule has 29 heavy (non-hydrogen) atoms. The summed E-state index contributed by atoms with van der Waals surface area (Å²) in [4.78, 5) is 13.7. The van der Waals surface area contributed by atoms with Crippen LogP contribution in [-0.4, -0.2) is 46.4 Å².